The van der Waals surface area contributed by atoms with Gasteiger partial charge in [0.1, 0.15) is 12.4 Å². The number of hydrogen-bond acceptors (Lipinski definition) is 4. The molecule has 1 aromatic carbocycles. The van der Waals surface area contributed by atoms with E-state index in [1.807, 2.05) is 25.1 Å². The Labute approximate surface area is 136 Å². The maximum absolute atomic E-state index is 12.2. The van der Waals surface area contributed by atoms with Gasteiger partial charge >= 0.3 is 0 Å². The van der Waals surface area contributed by atoms with Crippen LogP contribution in [0.5, 0.6) is 5.75 Å². The van der Waals surface area contributed by atoms with Crippen LogP contribution in [0.25, 0.3) is 0 Å². The third-order valence-electron chi connectivity index (χ3n) is 3.40. The molecule has 1 unspecified atom stereocenters. The molecule has 0 radical (unpaired) electrons. The normalized spacial score (nSPS) is 11.7. The van der Waals surface area contributed by atoms with E-state index in [-0.39, 0.29) is 18.6 Å². The first kappa shape index (κ1) is 17.0. The number of ether oxygens (including phenoxy) is 1. The average Bonchev–Trinajstić information content (AvgIpc) is 2.59. The molecule has 1 aromatic heterocycles. The number of nitrogens with one attached hydrogen (secondary N) is 1. The minimum absolute atomic E-state index is 0.0228. The molecule has 2 N–H and O–H groups in total. The molecule has 0 aliphatic rings. The van der Waals surface area contributed by atoms with E-state index in [9.17, 15) is 4.79 Å². The Morgan fingerprint density at radius 3 is 2.96 bits per heavy atom. The van der Waals surface area contributed by atoms with Crippen molar-refractivity contribution in [2.75, 3.05) is 6.61 Å². The molecule has 23 heavy (non-hydrogen) atoms. The predicted octanol–water partition coefficient (Wildman–Crippen LogP) is 2.55. The van der Waals surface area contributed by atoms with Crippen LogP contribution in [0, 0.1) is 0 Å². The summed E-state index contributed by atoms with van der Waals surface area (Å²) in [5.74, 6) is 0.506. The van der Waals surface area contributed by atoms with Crippen LogP contribution in [-0.2, 0) is 6.61 Å². The number of hydrogen-bond donors (Lipinski definition) is 2. The van der Waals surface area contributed by atoms with E-state index in [0.717, 1.165) is 12.0 Å². The largest absolute Gasteiger partial charge is 0.489 e. The van der Waals surface area contributed by atoms with Crippen molar-refractivity contribution in [1.29, 1.82) is 0 Å². The maximum atomic E-state index is 12.2. The Hall–Kier alpha value is -2.40. The van der Waals surface area contributed by atoms with Gasteiger partial charge in [-0.3, -0.25) is 9.78 Å². The van der Waals surface area contributed by atoms with Gasteiger partial charge in [0, 0.05) is 36.2 Å². The minimum atomic E-state index is -0.137. The Morgan fingerprint density at radius 2 is 2.22 bits per heavy atom. The predicted molar refractivity (Wildman–Crippen MR) is 88.3 cm³/mol. The summed E-state index contributed by atoms with van der Waals surface area (Å²) < 4.78 is 5.70. The molecule has 0 aliphatic heterocycles. The first-order valence-electron chi connectivity index (χ1n) is 7.72. The monoisotopic (exact) mass is 314 g/mol. The van der Waals surface area contributed by atoms with E-state index in [2.05, 4.69) is 10.3 Å². The highest BCUT2D eigenvalue weighted by atomic mass is 16.5. The molecule has 0 saturated carbocycles. The van der Waals surface area contributed by atoms with Crippen LogP contribution in [0.1, 0.15) is 35.7 Å². The standard InChI is InChI=1S/C18H22N2O3/c1-14(5-4-10-21)20-18(22)16-7-2-8-17(11-16)23-13-15-6-3-9-19-12-15/h2-3,6-9,11-12,14,21H,4-5,10,13H2,1H3,(H,20,22). The number of benzene rings is 1. The molecule has 1 heterocycles. The van der Waals surface area contributed by atoms with Gasteiger partial charge in [-0.1, -0.05) is 12.1 Å². The molecule has 122 valence electrons. The minimum Gasteiger partial charge on any atom is -0.489 e. The summed E-state index contributed by atoms with van der Waals surface area (Å²) >= 11 is 0. The van der Waals surface area contributed by atoms with Crippen LogP contribution < -0.4 is 10.1 Å². The summed E-state index contributed by atoms with van der Waals surface area (Å²) in [6.45, 7) is 2.47. The smallest absolute Gasteiger partial charge is 0.251 e. The fourth-order valence-corrected chi connectivity index (χ4v) is 2.15. The molecule has 1 amide bonds. The average molecular weight is 314 g/mol. The van der Waals surface area contributed by atoms with Gasteiger partial charge in [-0.05, 0) is 44.0 Å². The van der Waals surface area contributed by atoms with Gasteiger partial charge in [0.15, 0.2) is 0 Å². The lowest BCUT2D eigenvalue weighted by Gasteiger charge is -2.14. The second kappa shape index (κ2) is 8.90. The van der Waals surface area contributed by atoms with Gasteiger partial charge in [0.2, 0.25) is 0 Å². The van der Waals surface area contributed by atoms with Crippen LogP contribution in [0.2, 0.25) is 0 Å². The first-order chi connectivity index (χ1) is 11.2. The number of rotatable bonds is 8. The zero-order valence-electron chi connectivity index (χ0n) is 13.2. The van der Waals surface area contributed by atoms with Crippen molar-refractivity contribution in [3.05, 3.63) is 59.9 Å². The first-order valence-corrected chi connectivity index (χ1v) is 7.72. The Kier molecular flexibility index (Phi) is 6.56. The van der Waals surface area contributed by atoms with E-state index >= 15 is 0 Å². The lowest BCUT2D eigenvalue weighted by molar-refractivity contribution is 0.0936. The highest BCUT2D eigenvalue weighted by Gasteiger charge is 2.10. The number of pyridine rings is 1. The second-order valence-electron chi connectivity index (χ2n) is 5.42. The van der Waals surface area contributed by atoms with Gasteiger partial charge in [-0.15, -0.1) is 0 Å². The molecular formula is C18H22N2O3. The summed E-state index contributed by atoms with van der Waals surface area (Å²) in [4.78, 5) is 16.2. The van der Waals surface area contributed by atoms with Crippen molar-refractivity contribution < 1.29 is 14.6 Å². The zero-order chi connectivity index (χ0) is 16.5. The molecule has 0 spiro atoms. The highest BCUT2D eigenvalue weighted by Crippen LogP contribution is 2.15. The van der Waals surface area contributed by atoms with Gasteiger partial charge in [-0.2, -0.15) is 0 Å². The van der Waals surface area contributed by atoms with E-state index in [0.29, 0.717) is 24.3 Å². The SMILES string of the molecule is CC(CCCO)NC(=O)c1cccc(OCc2cccnc2)c1. The molecular weight excluding hydrogens is 292 g/mol. The van der Waals surface area contributed by atoms with Crippen molar-refractivity contribution in [1.82, 2.24) is 10.3 Å². The van der Waals surface area contributed by atoms with Gasteiger partial charge in [-0.25, -0.2) is 0 Å². The topological polar surface area (TPSA) is 71.5 Å². The number of aliphatic hydroxyl groups excluding tert-OH is 1. The zero-order valence-corrected chi connectivity index (χ0v) is 13.2. The summed E-state index contributed by atoms with van der Waals surface area (Å²) in [6.07, 6.45) is 4.89. The number of aliphatic hydroxyl groups is 1. The Morgan fingerprint density at radius 1 is 1.35 bits per heavy atom. The van der Waals surface area contributed by atoms with Crippen LogP contribution in [-0.4, -0.2) is 28.6 Å². The third kappa shape index (κ3) is 5.71. The highest BCUT2D eigenvalue weighted by molar-refractivity contribution is 5.94. The number of carbonyl (C=O) groups excluding carboxylic acids is 1. The fourth-order valence-electron chi connectivity index (χ4n) is 2.15. The van der Waals surface area contributed by atoms with Crippen molar-refractivity contribution in [3.8, 4) is 5.75 Å². The molecule has 5 heteroatoms. The Bertz CT molecular complexity index is 617. The lowest BCUT2D eigenvalue weighted by Crippen LogP contribution is -2.32. The molecule has 2 aromatic rings. The summed E-state index contributed by atoms with van der Waals surface area (Å²) in [7, 11) is 0. The molecule has 1 atom stereocenters. The van der Waals surface area contributed by atoms with Crippen LogP contribution >= 0.6 is 0 Å². The summed E-state index contributed by atoms with van der Waals surface area (Å²) in [5, 5.41) is 11.7. The van der Waals surface area contributed by atoms with Gasteiger partial charge in [0.25, 0.3) is 5.91 Å². The quantitative estimate of drug-likeness (QED) is 0.785. The van der Waals surface area contributed by atoms with Crippen LogP contribution in [0.15, 0.2) is 48.8 Å². The van der Waals surface area contributed by atoms with Crippen LogP contribution in [0.3, 0.4) is 0 Å². The van der Waals surface area contributed by atoms with Crippen LogP contribution in [0.4, 0.5) is 0 Å². The maximum Gasteiger partial charge on any atom is 0.251 e. The number of aromatic nitrogens is 1. The number of carbonyl (C=O) groups is 1. The van der Waals surface area contributed by atoms with E-state index < -0.39 is 0 Å². The van der Waals surface area contributed by atoms with Gasteiger partial charge in [0.05, 0.1) is 0 Å². The number of nitrogens with zero attached hydrogens (tertiary/aromatic N) is 1. The summed E-state index contributed by atoms with van der Waals surface area (Å²) in [6, 6.07) is 10.9. The van der Waals surface area contributed by atoms with E-state index in [4.69, 9.17) is 9.84 Å². The molecule has 0 saturated heterocycles. The van der Waals surface area contributed by atoms with E-state index in [1.54, 1.807) is 30.6 Å². The van der Waals surface area contributed by atoms with Crippen molar-refractivity contribution in [2.24, 2.45) is 0 Å². The lowest BCUT2D eigenvalue weighted by atomic mass is 10.1. The molecule has 0 bridgehead atoms. The molecule has 5 nitrogen and oxygen atoms in total. The molecule has 0 aliphatic carbocycles. The van der Waals surface area contributed by atoms with Crippen molar-refractivity contribution in [3.63, 3.8) is 0 Å². The third-order valence-corrected chi connectivity index (χ3v) is 3.40. The molecule has 2 rings (SSSR count). The van der Waals surface area contributed by atoms with E-state index in [1.165, 1.54) is 0 Å². The molecule has 0 fully saturated rings. The number of amides is 1. The fraction of sp³-hybridized carbons (Fsp3) is 0.333. The second-order valence-corrected chi connectivity index (χ2v) is 5.42. The summed E-state index contributed by atoms with van der Waals surface area (Å²) in [5.41, 5.74) is 1.53. The Balaban J connectivity index is 1.92. The van der Waals surface area contributed by atoms with Gasteiger partial charge < -0.3 is 15.2 Å². The van der Waals surface area contributed by atoms with Crippen molar-refractivity contribution in [2.45, 2.75) is 32.4 Å². The van der Waals surface area contributed by atoms with Crippen molar-refractivity contribution >= 4 is 5.91 Å².